The number of ether oxygens (including phenoxy) is 1. The molecule has 0 amide bonds. The van der Waals surface area contributed by atoms with E-state index in [1.807, 2.05) is 31.3 Å². The predicted molar refractivity (Wildman–Crippen MR) is 104 cm³/mol. The number of H-pyrrole nitrogens is 1. The quantitative estimate of drug-likeness (QED) is 0.565. The molecule has 2 aromatic carbocycles. The number of methoxy groups -OCH3 is 1. The first-order valence-corrected chi connectivity index (χ1v) is 8.62. The molecule has 0 bridgehead atoms. The molecule has 0 radical (unpaired) electrons. The lowest BCUT2D eigenvalue weighted by Crippen LogP contribution is -2.02. The number of aromatic hydroxyl groups is 1. The highest BCUT2D eigenvalue weighted by Crippen LogP contribution is 2.30. The van der Waals surface area contributed by atoms with Crippen LogP contribution in [0.5, 0.6) is 11.5 Å². The van der Waals surface area contributed by atoms with Crippen molar-refractivity contribution in [2.75, 3.05) is 7.11 Å². The Morgan fingerprint density at radius 3 is 2.56 bits per heavy atom. The number of phenols is 1. The van der Waals surface area contributed by atoms with Gasteiger partial charge in [-0.3, -0.25) is 4.79 Å². The number of benzene rings is 2. The molecule has 0 saturated heterocycles. The van der Waals surface area contributed by atoms with Crippen molar-refractivity contribution in [3.05, 3.63) is 81.8 Å². The van der Waals surface area contributed by atoms with Gasteiger partial charge in [-0.05, 0) is 60.5 Å². The van der Waals surface area contributed by atoms with Crippen LogP contribution in [0.1, 0.15) is 16.8 Å². The van der Waals surface area contributed by atoms with Crippen LogP contribution < -0.4 is 10.2 Å². The molecule has 2 aromatic heterocycles. The first kappa shape index (κ1) is 17.0. The van der Waals surface area contributed by atoms with Gasteiger partial charge in [0.25, 0.3) is 0 Å². The van der Waals surface area contributed by atoms with Gasteiger partial charge in [0.1, 0.15) is 11.5 Å². The number of phenolic OH excluding ortho intramolecular Hbond substituents is 1. The molecule has 0 aliphatic heterocycles. The lowest BCUT2D eigenvalue weighted by atomic mass is 10.0. The fourth-order valence-corrected chi connectivity index (χ4v) is 3.17. The summed E-state index contributed by atoms with van der Waals surface area (Å²) in [4.78, 5) is 15.8. The highest BCUT2D eigenvalue weighted by molar-refractivity contribution is 5.84. The van der Waals surface area contributed by atoms with Crippen molar-refractivity contribution in [1.82, 2.24) is 4.98 Å². The van der Waals surface area contributed by atoms with E-state index >= 15 is 0 Å². The number of rotatable bonds is 4. The van der Waals surface area contributed by atoms with E-state index in [0.29, 0.717) is 23.3 Å². The van der Waals surface area contributed by atoms with Crippen LogP contribution in [-0.2, 0) is 6.42 Å². The molecule has 4 rings (SSSR count). The van der Waals surface area contributed by atoms with E-state index in [1.165, 1.54) is 6.07 Å². The van der Waals surface area contributed by atoms with E-state index in [1.54, 1.807) is 31.4 Å². The summed E-state index contributed by atoms with van der Waals surface area (Å²) >= 11 is 0. The summed E-state index contributed by atoms with van der Waals surface area (Å²) in [5, 5.41) is 10.8. The Hall–Kier alpha value is -3.47. The minimum atomic E-state index is -0.192. The maximum atomic E-state index is 12.7. The van der Waals surface area contributed by atoms with Gasteiger partial charge < -0.3 is 19.2 Å². The second kappa shape index (κ2) is 6.68. The maximum Gasteiger partial charge on any atom is 0.193 e. The fourth-order valence-electron chi connectivity index (χ4n) is 3.17. The monoisotopic (exact) mass is 361 g/mol. The third kappa shape index (κ3) is 3.19. The van der Waals surface area contributed by atoms with Crippen LogP contribution >= 0.6 is 0 Å². The number of fused-ring (bicyclic) bond motifs is 1. The molecule has 0 saturated carbocycles. The summed E-state index contributed by atoms with van der Waals surface area (Å²) in [6.07, 6.45) is 2.48. The van der Waals surface area contributed by atoms with Crippen molar-refractivity contribution in [3.8, 4) is 22.8 Å². The molecule has 0 aliphatic carbocycles. The average molecular weight is 361 g/mol. The number of nitrogens with one attached hydrogen (secondary N) is 1. The van der Waals surface area contributed by atoms with E-state index < -0.39 is 0 Å². The van der Waals surface area contributed by atoms with Crippen molar-refractivity contribution < 1.29 is 14.3 Å². The largest absolute Gasteiger partial charge is 0.504 e. The van der Waals surface area contributed by atoms with Gasteiger partial charge in [-0.2, -0.15) is 0 Å². The van der Waals surface area contributed by atoms with Crippen molar-refractivity contribution in [2.45, 2.75) is 13.3 Å². The Morgan fingerprint density at radius 1 is 1.11 bits per heavy atom. The Kier molecular flexibility index (Phi) is 4.20. The van der Waals surface area contributed by atoms with Crippen LogP contribution in [0.2, 0.25) is 0 Å². The molecular weight excluding hydrogens is 342 g/mol. The van der Waals surface area contributed by atoms with Crippen molar-refractivity contribution in [2.24, 2.45) is 0 Å². The minimum Gasteiger partial charge on any atom is -0.504 e. The topological polar surface area (TPSA) is 75.5 Å². The molecule has 2 heterocycles. The van der Waals surface area contributed by atoms with E-state index in [-0.39, 0.29) is 16.8 Å². The van der Waals surface area contributed by atoms with Crippen molar-refractivity contribution >= 4 is 11.0 Å². The number of hydrogen-bond acceptors (Lipinski definition) is 4. The number of hydrogen-bond donors (Lipinski definition) is 2. The Bertz CT molecular complexity index is 1170. The summed E-state index contributed by atoms with van der Waals surface area (Å²) in [7, 11) is 1.59. The van der Waals surface area contributed by atoms with Gasteiger partial charge in [-0.1, -0.05) is 0 Å². The number of aromatic amines is 1. The molecule has 5 nitrogen and oxygen atoms in total. The van der Waals surface area contributed by atoms with Gasteiger partial charge in [0, 0.05) is 29.9 Å². The third-order valence-electron chi connectivity index (χ3n) is 4.69. The zero-order chi connectivity index (χ0) is 19.0. The Balaban J connectivity index is 1.78. The van der Waals surface area contributed by atoms with Crippen LogP contribution in [0.25, 0.3) is 22.3 Å². The van der Waals surface area contributed by atoms with Gasteiger partial charge in [-0.25, -0.2) is 0 Å². The smallest absolute Gasteiger partial charge is 0.193 e. The third-order valence-corrected chi connectivity index (χ3v) is 4.69. The van der Waals surface area contributed by atoms with Crippen LogP contribution in [0, 0.1) is 6.92 Å². The standard InChI is InChI=1S/C22H19NO4/c1-13-7-8-23-18(13)10-14-9-17-19(24)12-21(27-22(17)20(25)11-14)15-3-5-16(26-2)6-4-15/h3-9,11-12,23,25H,10H2,1-2H3. The molecular formula is C22H19NO4. The average Bonchev–Trinajstić information content (AvgIpc) is 3.07. The lowest BCUT2D eigenvalue weighted by Gasteiger charge is -2.08. The highest BCUT2D eigenvalue weighted by atomic mass is 16.5. The van der Waals surface area contributed by atoms with Gasteiger partial charge in [-0.15, -0.1) is 0 Å². The Morgan fingerprint density at radius 2 is 1.89 bits per heavy atom. The highest BCUT2D eigenvalue weighted by Gasteiger charge is 2.13. The summed E-state index contributed by atoms with van der Waals surface area (Å²) in [5.41, 5.74) is 3.77. The van der Waals surface area contributed by atoms with Crippen molar-refractivity contribution in [1.29, 1.82) is 0 Å². The molecule has 0 fully saturated rings. The lowest BCUT2D eigenvalue weighted by molar-refractivity contribution is 0.415. The number of aromatic nitrogens is 1. The van der Waals surface area contributed by atoms with Crippen molar-refractivity contribution in [3.63, 3.8) is 0 Å². The van der Waals surface area contributed by atoms with Crippen LogP contribution in [0.3, 0.4) is 0 Å². The zero-order valence-electron chi connectivity index (χ0n) is 15.1. The summed E-state index contributed by atoms with van der Waals surface area (Å²) in [6, 6.07) is 14.1. The zero-order valence-corrected chi connectivity index (χ0v) is 15.1. The normalized spacial score (nSPS) is 11.0. The van der Waals surface area contributed by atoms with E-state index in [0.717, 1.165) is 22.4 Å². The van der Waals surface area contributed by atoms with Gasteiger partial charge in [0.2, 0.25) is 0 Å². The maximum absolute atomic E-state index is 12.7. The van der Waals surface area contributed by atoms with Gasteiger partial charge in [0.15, 0.2) is 16.8 Å². The molecule has 0 aliphatic rings. The van der Waals surface area contributed by atoms with E-state index in [9.17, 15) is 9.90 Å². The first-order chi connectivity index (χ1) is 13.0. The number of aryl methyl sites for hydroxylation is 1. The molecule has 5 heteroatoms. The van der Waals surface area contributed by atoms with E-state index in [4.69, 9.17) is 9.15 Å². The fraction of sp³-hybridized carbons (Fsp3) is 0.136. The molecule has 136 valence electrons. The second-order valence-electron chi connectivity index (χ2n) is 6.51. The minimum absolute atomic E-state index is 0.0424. The molecule has 2 N–H and O–H groups in total. The van der Waals surface area contributed by atoms with Gasteiger partial charge in [0.05, 0.1) is 12.5 Å². The summed E-state index contributed by atoms with van der Waals surface area (Å²) in [6.45, 7) is 2.02. The van der Waals surface area contributed by atoms with Gasteiger partial charge >= 0.3 is 0 Å². The molecule has 0 spiro atoms. The SMILES string of the molecule is COc1ccc(-c2cc(=O)c3cc(Cc4[nH]ccc4C)cc(O)c3o2)cc1. The molecule has 27 heavy (non-hydrogen) atoms. The predicted octanol–water partition coefficient (Wildman–Crippen LogP) is 4.40. The summed E-state index contributed by atoms with van der Waals surface area (Å²) in [5.74, 6) is 1.08. The Labute approximate surface area is 155 Å². The first-order valence-electron chi connectivity index (χ1n) is 8.62. The summed E-state index contributed by atoms with van der Waals surface area (Å²) < 4.78 is 11.0. The van der Waals surface area contributed by atoms with Crippen LogP contribution in [-0.4, -0.2) is 17.2 Å². The van der Waals surface area contributed by atoms with Crippen LogP contribution in [0.15, 0.2) is 63.9 Å². The van der Waals surface area contributed by atoms with E-state index in [2.05, 4.69) is 4.98 Å². The van der Waals surface area contributed by atoms with Crippen LogP contribution in [0.4, 0.5) is 0 Å². The molecule has 4 aromatic rings. The second-order valence-corrected chi connectivity index (χ2v) is 6.51. The molecule has 0 unspecified atom stereocenters. The molecule has 0 atom stereocenters.